The standard InChI is InChI=1S/C18H28N2/c1-2-20-13-6-10-18(20)11-15-19(16-12-18)14-9-17-7-4-3-5-8-17/h3-5,7-8H,2,6,9-16H2,1H3. The van der Waals surface area contributed by atoms with Gasteiger partial charge in [-0.2, -0.15) is 0 Å². The van der Waals surface area contributed by atoms with Crippen LogP contribution in [0.15, 0.2) is 30.3 Å². The highest BCUT2D eigenvalue weighted by Gasteiger charge is 2.41. The number of hydrogen-bond donors (Lipinski definition) is 0. The maximum atomic E-state index is 2.75. The first-order chi connectivity index (χ1) is 9.82. The Kier molecular flexibility index (Phi) is 4.42. The Balaban J connectivity index is 1.49. The quantitative estimate of drug-likeness (QED) is 0.830. The summed E-state index contributed by atoms with van der Waals surface area (Å²) in [5.74, 6) is 0. The average molecular weight is 272 g/mol. The molecule has 2 fully saturated rings. The summed E-state index contributed by atoms with van der Waals surface area (Å²) in [6.07, 6.45) is 6.82. The van der Waals surface area contributed by atoms with E-state index in [1.54, 1.807) is 0 Å². The van der Waals surface area contributed by atoms with Crippen molar-refractivity contribution in [2.75, 3.05) is 32.7 Å². The molecule has 0 amide bonds. The normalized spacial score (nSPS) is 23.4. The summed E-state index contributed by atoms with van der Waals surface area (Å²) in [4.78, 5) is 5.42. The van der Waals surface area contributed by atoms with Gasteiger partial charge in [0, 0.05) is 12.1 Å². The van der Waals surface area contributed by atoms with Crippen molar-refractivity contribution >= 4 is 0 Å². The topological polar surface area (TPSA) is 6.48 Å². The van der Waals surface area contributed by atoms with Crippen LogP contribution in [-0.4, -0.2) is 48.1 Å². The maximum absolute atomic E-state index is 2.75. The predicted molar refractivity (Wildman–Crippen MR) is 85.0 cm³/mol. The van der Waals surface area contributed by atoms with Crippen LogP contribution in [0.5, 0.6) is 0 Å². The monoisotopic (exact) mass is 272 g/mol. The van der Waals surface area contributed by atoms with Crippen molar-refractivity contribution in [2.24, 2.45) is 0 Å². The number of nitrogens with zero attached hydrogens (tertiary/aromatic N) is 2. The van der Waals surface area contributed by atoms with Crippen molar-refractivity contribution in [2.45, 2.75) is 44.6 Å². The van der Waals surface area contributed by atoms with Crippen LogP contribution in [0.4, 0.5) is 0 Å². The molecule has 20 heavy (non-hydrogen) atoms. The minimum absolute atomic E-state index is 0.567. The van der Waals surface area contributed by atoms with E-state index in [1.807, 2.05) is 0 Å². The van der Waals surface area contributed by atoms with Gasteiger partial charge in [0.2, 0.25) is 0 Å². The van der Waals surface area contributed by atoms with Crippen LogP contribution in [0, 0.1) is 0 Å². The van der Waals surface area contributed by atoms with Gasteiger partial charge < -0.3 is 4.90 Å². The summed E-state index contributed by atoms with van der Waals surface area (Å²) in [7, 11) is 0. The average Bonchev–Trinajstić information content (AvgIpc) is 2.90. The van der Waals surface area contributed by atoms with Crippen LogP contribution in [0.2, 0.25) is 0 Å². The van der Waals surface area contributed by atoms with E-state index in [9.17, 15) is 0 Å². The van der Waals surface area contributed by atoms with Gasteiger partial charge in [0.1, 0.15) is 0 Å². The van der Waals surface area contributed by atoms with Gasteiger partial charge in [-0.1, -0.05) is 37.3 Å². The fourth-order valence-electron chi connectivity index (χ4n) is 4.18. The molecule has 0 aliphatic carbocycles. The van der Waals surface area contributed by atoms with E-state index in [0.717, 1.165) is 0 Å². The van der Waals surface area contributed by atoms with E-state index in [1.165, 1.54) is 70.4 Å². The first-order valence-corrected chi connectivity index (χ1v) is 8.34. The van der Waals surface area contributed by atoms with E-state index in [-0.39, 0.29) is 0 Å². The number of piperidine rings is 1. The predicted octanol–water partition coefficient (Wildman–Crippen LogP) is 3.18. The second kappa shape index (κ2) is 6.28. The van der Waals surface area contributed by atoms with Crippen LogP contribution < -0.4 is 0 Å². The van der Waals surface area contributed by atoms with Gasteiger partial charge in [-0.3, -0.25) is 4.90 Å². The third-order valence-electron chi connectivity index (χ3n) is 5.47. The molecule has 0 radical (unpaired) electrons. The van der Waals surface area contributed by atoms with Crippen molar-refractivity contribution < 1.29 is 0 Å². The molecule has 1 aromatic carbocycles. The summed E-state index contributed by atoms with van der Waals surface area (Å²) >= 11 is 0. The third-order valence-corrected chi connectivity index (χ3v) is 5.47. The van der Waals surface area contributed by atoms with Crippen LogP contribution in [0.1, 0.15) is 38.2 Å². The third kappa shape index (κ3) is 2.91. The molecular formula is C18H28N2. The molecule has 110 valence electrons. The minimum atomic E-state index is 0.567. The first kappa shape index (κ1) is 14.1. The summed E-state index contributed by atoms with van der Waals surface area (Å²) in [6, 6.07) is 10.9. The van der Waals surface area contributed by atoms with E-state index >= 15 is 0 Å². The molecule has 2 aliphatic heterocycles. The van der Waals surface area contributed by atoms with Gasteiger partial charge in [0.15, 0.2) is 0 Å². The second-order valence-corrected chi connectivity index (χ2v) is 6.48. The number of rotatable bonds is 4. The van der Waals surface area contributed by atoms with E-state index in [2.05, 4.69) is 47.1 Å². The summed E-state index contributed by atoms with van der Waals surface area (Å²) < 4.78 is 0. The molecule has 0 atom stereocenters. The Morgan fingerprint density at radius 1 is 1.00 bits per heavy atom. The van der Waals surface area contributed by atoms with Crippen molar-refractivity contribution in [3.8, 4) is 0 Å². The highest BCUT2D eigenvalue weighted by molar-refractivity contribution is 5.15. The molecule has 0 aromatic heterocycles. The van der Waals surface area contributed by atoms with Crippen molar-refractivity contribution in [3.05, 3.63) is 35.9 Å². The zero-order valence-corrected chi connectivity index (χ0v) is 12.9. The van der Waals surface area contributed by atoms with Gasteiger partial charge >= 0.3 is 0 Å². The first-order valence-electron chi connectivity index (χ1n) is 8.34. The molecule has 0 unspecified atom stereocenters. The highest BCUT2D eigenvalue weighted by atomic mass is 15.2. The van der Waals surface area contributed by atoms with Crippen LogP contribution in [0.25, 0.3) is 0 Å². The Hall–Kier alpha value is -0.860. The molecule has 2 heterocycles. The van der Waals surface area contributed by atoms with Gasteiger partial charge in [-0.25, -0.2) is 0 Å². The fourth-order valence-corrected chi connectivity index (χ4v) is 4.18. The van der Waals surface area contributed by atoms with E-state index < -0.39 is 0 Å². The van der Waals surface area contributed by atoms with Crippen molar-refractivity contribution in [1.29, 1.82) is 0 Å². The Bertz CT molecular complexity index is 407. The molecule has 2 heteroatoms. The zero-order valence-electron chi connectivity index (χ0n) is 12.9. The number of hydrogen-bond acceptors (Lipinski definition) is 2. The molecule has 3 rings (SSSR count). The van der Waals surface area contributed by atoms with Crippen LogP contribution in [0.3, 0.4) is 0 Å². The largest absolute Gasteiger partial charge is 0.303 e. The lowest BCUT2D eigenvalue weighted by atomic mass is 9.85. The van der Waals surface area contributed by atoms with E-state index in [0.29, 0.717) is 5.54 Å². The molecular weight excluding hydrogens is 244 g/mol. The van der Waals surface area contributed by atoms with Gasteiger partial charge in [0.25, 0.3) is 0 Å². The lowest BCUT2D eigenvalue weighted by molar-refractivity contribution is 0.0572. The Labute approximate surface area is 123 Å². The molecule has 2 nitrogen and oxygen atoms in total. The summed E-state index contributed by atoms with van der Waals surface area (Å²) in [5.41, 5.74) is 2.04. The maximum Gasteiger partial charge on any atom is 0.0234 e. The Morgan fingerprint density at radius 3 is 2.45 bits per heavy atom. The van der Waals surface area contributed by atoms with Gasteiger partial charge in [0.05, 0.1) is 0 Å². The second-order valence-electron chi connectivity index (χ2n) is 6.48. The molecule has 2 saturated heterocycles. The lowest BCUT2D eigenvalue weighted by Crippen LogP contribution is -2.52. The van der Waals surface area contributed by atoms with Gasteiger partial charge in [-0.15, -0.1) is 0 Å². The fraction of sp³-hybridized carbons (Fsp3) is 0.667. The Morgan fingerprint density at radius 2 is 1.75 bits per heavy atom. The van der Waals surface area contributed by atoms with Crippen LogP contribution in [-0.2, 0) is 6.42 Å². The smallest absolute Gasteiger partial charge is 0.0234 e. The summed E-state index contributed by atoms with van der Waals surface area (Å²) in [6.45, 7) is 8.72. The number of benzene rings is 1. The molecule has 0 saturated carbocycles. The molecule has 0 bridgehead atoms. The molecule has 0 N–H and O–H groups in total. The van der Waals surface area contributed by atoms with E-state index in [4.69, 9.17) is 0 Å². The van der Waals surface area contributed by atoms with Crippen LogP contribution >= 0.6 is 0 Å². The SMILES string of the molecule is CCN1CCCC12CCN(CCc1ccccc1)CC2. The van der Waals surface area contributed by atoms with Crippen molar-refractivity contribution in [1.82, 2.24) is 9.80 Å². The molecule has 1 aromatic rings. The number of likely N-dealkylation sites (tertiary alicyclic amines) is 2. The zero-order chi connectivity index (χ0) is 13.8. The lowest BCUT2D eigenvalue weighted by Gasteiger charge is -2.45. The minimum Gasteiger partial charge on any atom is -0.303 e. The highest BCUT2D eigenvalue weighted by Crippen LogP contribution is 2.38. The molecule has 2 aliphatic rings. The summed E-state index contributed by atoms with van der Waals surface area (Å²) in [5, 5.41) is 0. The van der Waals surface area contributed by atoms with Crippen molar-refractivity contribution in [3.63, 3.8) is 0 Å². The molecule has 1 spiro atoms. The van der Waals surface area contributed by atoms with Gasteiger partial charge in [-0.05, 0) is 63.8 Å².